The quantitative estimate of drug-likeness (QED) is 0.680. The van der Waals surface area contributed by atoms with Crippen molar-refractivity contribution in [2.75, 3.05) is 5.32 Å². The van der Waals surface area contributed by atoms with Crippen molar-refractivity contribution in [1.82, 2.24) is 9.97 Å². The molecule has 3 rings (SSSR count). The van der Waals surface area contributed by atoms with Gasteiger partial charge in [0.1, 0.15) is 5.69 Å². The molecule has 0 aliphatic heterocycles. The van der Waals surface area contributed by atoms with Crippen molar-refractivity contribution >= 4 is 28.3 Å². The first kappa shape index (κ1) is 15.9. The molecular weight excluding hydrogens is 324 g/mol. The maximum atomic E-state index is 12.3. The van der Waals surface area contributed by atoms with Gasteiger partial charge < -0.3 is 10.7 Å². The van der Waals surface area contributed by atoms with Gasteiger partial charge in [0.05, 0.1) is 5.69 Å². The van der Waals surface area contributed by atoms with Crippen LogP contribution >= 0.6 is 11.3 Å². The van der Waals surface area contributed by atoms with Crippen LogP contribution in [-0.4, -0.2) is 21.8 Å². The molecule has 0 radical (unpaired) electrons. The van der Waals surface area contributed by atoms with Gasteiger partial charge in [0.2, 0.25) is 0 Å². The van der Waals surface area contributed by atoms with Crippen molar-refractivity contribution in [1.29, 1.82) is 0 Å². The highest BCUT2D eigenvalue weighted by Gasteiger charge is 2.12. The SMILES string of the molecule is Cc1cc(C)cc(C(=O)Nc2nc(-c3c[nH]c(C(N)=O)c3)cs2)c1. The molecule has 1 aromatic carbocycles. The van der Waals surface area contributed by atoms with E-state index in [1.807, 2.05) is 37.4 Å². The van der Waals surface area contributed by atoms with Crippen LogP contribution in [0.4, 0.5) is 5.13 Å². The van der Waals surface area contributed by atoms with Crippen molar-refractivity contribution in [3.05, 3.63) is 58.2 Å². The minimum atomic E-state index is -0.528. The summed E-state index contributed by atoms with van der Waals surface area (Å²) in [7, 11) is 0. The maximum Gasteiger partial charge on any atom is 0.265 e. The fourth-order valence-electron chi connectivity index (χ4n) is 2.42. The van der Waals surface area contributed by atoms with Gasteiger partial charge >= 0.3 is 0 Å². The Morgan fingerprint density at radius 1 is 1.17 bits per heavy atom. The third-order valence-electron chi connectivity index (χ3n) is 3.45. The van der Waals surface area contributed by atoms with E-state index >= 15 is 0 Å². The Morgan fingerprint density at radius 2 is 1.88 bits per heavy atom. The second-order valence-corrected chi connectivity index (χ2v) is 6.39. The number of rotatable bonds is 4. The minimum Gasteiger partial charge on any atom is -0.364 e. The van der Waals surface area contributed by atoms with E-state index in [4.69, 9.17) is 5.73 Å². The van der Waals surface area contributed by atoms with Crippen molar-refractivity contribution in [2.24, 2.45) is 5.73 Å². The molecule has 4 N–H and O–H groups in total. The van der Waals surface area contributed by atoms with Crippen molar-refractivity contribution < 1.29 is 9.59 Å². The number of amides is 2. The predicted molar refractivity (Wildman–Crippen MR) is 94.3 cm³/mol. The topological polar surface area (TPSA) is 101 Å². The molecule has 0 aliphatic rings. The number of nitrogens with one attached hydrogen (secondary N) is 2. The van der Waals surface area contributed by atoms with Crippen LogP contribution in [0.1, 0.15) is 32.0 Å². The third kappa shape index (κ3) is 3.36. The number of aromatic amines is 1. The van der Waals surface area contributed by atoms with Gasteiger partial charge in [-0.3, -0.25) is 14.9 Å². The van der Waals surface area contributed by atoms with Crippen LogP contribution in [0.3, 0.4) is 0 Å². The van der Waals surface area contributed by atoms with Crippen LogP contribution in [0.5, 0.6) is 0 Å². The van der Waals surface area contributed by atoms with E-state index in [2.05, 4.69) is 15.3 Å². The molecule has 2 heterocycles. The molecular formula is C17H16N4O2S. The third-order valence-corrected chi connectivity index (χ3v) is 4.21. The highest BCUT2D eigenvalue weighted by molar-refractivity contribution is 7.14. The summed E-state index contributed by atoms with van der Waals surface area (Å²) < 4.78 is 0. The first-order valence-electron chi connectivity index (χ1n) is 7.26. The molecule has 0 bridgehead atoms. The van der Waals surface area contributed by atoms with E-state index in [-0.39, 0.29) is 5.91 Å². The van der Waals surface area contributed by atoms with Crippen LogP contribution in [0, 0.1) is 13.8 Å². The fraction of sp³-hybridized carbons (Fsp3) is 0.118. The molecule has 0 unspecified atom stereocenters. The molecule has 7 heteroatoms. The second-order valence-electron chi connectivity index (χ2n) is 5.53. The number of carbonyl (C=O) groups excluding carboxylic acids is 2. The molecule has 0 aliphatic carbocycles. The highest BCUT2D eigenvalue weighted by atomic mass is 32.1. The van der Waals surface area contributed by atoms with E-state index in [1.54, 1.807) is 12.3 Å². The lowest BCUT2D eigenvalue weighted by atomic mass is 10.1. The van der Waals surface area contributed by atoms with E-state index in [0.29, 0.717) is 22.1 Å². The zero-order valence-corrected chi connectivity index (χ0v) is 14.0. The number of nitrogens with zero attached hydrogens (tertiary/aromatic N) is 1. The van der Waals surface area contributed by atoms with Gasteiger partial charge in [-0.2, -0.15) is 0 Å². The van der Waals surface area contributed by atoms with E-state index in [1.165, 1.54) is 11.3 Å². The van der Waals surface area contributed by atoms with Gasteiger partial charge in [0.25, 0.3) is 11.8 Å². The van der Waals surface area contributed by atoms with Gasteiger partial charge in [-0.25, -0.2) is 4.98 Å². The van der Waals surface area contributed by atoms with Crippen molar-refractivity contribution in [3.63, 3.8) is 0 Å². The number of H-pyrrole nitrogens is 1. The number of nitrogens with two attached hydrogens (primary N) is 1. The summed E-state index contributed by atoms with van der Waals surface area (Å²) in [5, 5.41) is 5.11. The largest absolute Gasteiger partial charge is 0.364 e. The lowest BCUT2D eigenvalue weighted by molar-refractivity contribution is 0.0994. The smallest absolute Gasteiger partial charge is 0.265 e. The summed E-state index contributed by atoms with van der Waals surface area (Å²) in [6.07, 6.45) is 1.66. The first-order chi connectivity index (χ1) is 11.4. The number of aryl methyl sites for hydroxylation is 2. The molecule has 0 saturated heterocycles. The number of thiazole rings is 1. The van der Waals surface area contributed by atoms with Gasteiger partial charge in [-0.15, -0.1) is 11.3 Å². The van der Waals surface area contributed by atoms with Gasteiger partial charge in [0, 0.05) is 22.7 Å². The Kier molecular flexibility index (Phi) is 4.18. The summed E-state index contributed by atoms with van der Waals surface area (Å²) in [6.45, 7) is 3.90. The molecule has 2 aromatic heterocycles. The van der Waals surface area contributed by atoms with Crippen LogP contribution in [0.15, 0.2) is 35.8 Å². The number of hydrogen-bond acceptors (Lipinski definition) is 4. The fourth-order valence-corrected chi connectivity index (χ4v) is 3.14. The Balaban J connectivity index is 1.78. The van der Waals surface area contributed by atoms with E-state index in [9.17, 15) is 9.59 Å². The van der Waals surface area contributed by atoms with Crippen LogP contribution in [0.25, 0.3) is 11.3 Å². The number of hydrogen-bond donors (Lipinski definition) is 3. The standard InChI is InChI=1S/C17H16N4O2S/c1-9-3-10(2)5-11(4-9)16(23)21-17-20-14(8-24-17)12-6-13(15(18)22)19-7-12/h3-8,19H,1-2H3,(H2,18,22)(H,20,21,23). The number of primary amides is 1. The number of benzene rings is 1. The van der Waals surface area contributed by atoms with Gasteiger partial charge in [-0.1, -0.05) is 17.2 Å². The average molecular weight is 340 g/mol. The zero-order valence-electron chi connectivity index (χ0n) is 13.2. The van der Waals surface area contributed by atoms with Crippen molar-refractivity contribution in [3.8, 4) is 11.3 Å². The minimum absolute atomic E-state index is 0.199. The molecule has 6 nitrogen and oxygen atoms in total. The molecule has 0 spiro atoms. The number of aromatic nitrogens is 2. The molecule has 122 valence electrons. The lowest BCUT2D eigenvalue weighted by Gasteiger charge is -2.04. The monoisotopic (exact) mass is 340 g/mol. The lowest BCUT2D eigenvalue weighted by Crippen LogP contribution is -2.12. The van der Waals surface area contributed by atoms with Gasteiger partial charge in [0.15, 0.2) is 5.13 Å². The Labute approximate surface area is 142 Å². The Morgan fingerprint density at radius 3 is 2.50 bits per heavy atom. The summed E-state index contributed by atoms with van der Waals surface area (Å²) in [4.78, 5) is 30.6. The van der Waals surface area contributed by atoms with E-state index in [0.717, 1.165) is 16.7 Å². The predicted octanol–water partition coefficient (Wildman–Crippen LogP) is 3.11. The number of carbonyl (C=O) groups is 2. The summed E-state index contributed by atoms with van der Waals surface area (Å²) in [5.74, 6) is -0.727. The Hall–Kier alpha value is -2.93. The summed E-state index contributed by atoms with van der Waals surface area (Å²) in [5.41, 5.74) is 9.61. The van der Waals surface area contributed by atoms with Crippen LogP contribution in [-0.2, 0) is 0 Å². The molecule has 0 atom stereocenters. The maximum absolute atomic E-state index is 12.3. The normalized spacial score (nSPS) is 10.6. The van der Waals surface area contributed by atoms with Crippen LogP contribution in [0.2, 0.25) is 0 Å². The van der Waals surface area contributed by atoms with Crippen molar-refractivity contribution in [2.45, 2.75) is 13.8 Å². The average Bonchev–Trinajstić information content (AvgIpc) is 3.14. The first-order valence-corrected chi connectivity index (χ1v) is 8.14. The summed E-state index contributed by atoms with van der Waals surface area (Å²) >= 11 is 1.32. The highest BCUT2D eigenvalue weighted by Crippen LogP contribution is 2.26. The van der Waals surface area contributed by atoms with Gasteiger partial charge in [-0.05, 0) is 32.0 Å². The summed E-state index contributed by atoms with van der Waals surface area (Å²) in [6, 6.07) is 7.32. The molecule has 0 saturated carbocycles. The van der Waals surface area contributed by atoms with E-state index < -0.39 is 5.91 Å². The second kappa shape index (κ2) is 6.29. The molecule has 0 fully saturated rings. The molecule has 2 amide bonds. The zero-order chi connectivity index (χ0) is 17.3. The van der Waals surface area contributed by atoms with Crippen LogP contribution < -0.4 is 11.1 Å². The number of anilines is 1. The molecule has 24 heavy (non-hydrogen) atoms. The Bertz CT molecular complexity index is 906. The molecule has 3 aromatic rings.